The highest BCUT2D eigenvalue weighted by atomic mass is 32.1. The molecule has 1 atom stereocenters. The molecule has 2 N–H and O–H groups in total. The first-order valence-corrected chi connectivity index (χ1v) is 9.03. The quantitative estimate of drug-likeness (QED) is 0.868. The molecule has 23 heavy (non-hydrogen) atoms. The standard InChI is InChI=1S/C15H17N3O3S2/c1-9(19)16-7-10-4-5-13(23-10)11-8-22-15(17-11)18-14(20)12-3-2-6-21-12/h4-5,8,12H,2-3,6-7H2,1H3,(H,16,19)(H,17,18,20). The van der Waals surface area contributed by atoms with E-state index in [0.29, 0.717) is 18.3 Å². The topological polar surface area (TPSA) is 80.3 Å². The van der Waals surface area contributed by atoms with Gasteiger partial charge in [-0.1, -0.05) is 0 Å². The third-order valence-electron chi connectivity index (χ3n) is 3.38. The molecule has 0 aromatic carbocycles. The number of hydrogen-bond acceptors (Lipinski definition) is 6. The predicted molar refractivity (Wildman–Crippen MR) is 90.6 cm³/mol. The average molecular weight is 351 g/mol. The molecular formula is C15H17N3O3S2. The van der Waals surface area contributed by atoms with Gasteiger partial charge in [-0.3, -0.25) is 14.9 Å². The molecule has 0 aliphatic carbocycles. The maximum absolute atomic E-state index is 12.0. The minimum absolute atomic E-state index is 0.0484. The number of hydrogen-bond donors (Lipinski definition) is 2. The van der Waals surface area contributed by atoms with E-state index >= 15 is 0 Å². The zero-order valence-electron chi connectivity index (χ0n) is 12.6. The van der Waals surface area contributed by atoms with Crippen LogP contribution in [0.1, 0.15) is 24.6 Å². The van der Waals surface area contributed by atoms with E-state index in [9.17, 15) is 9.59 Å². The van der Waals surface area contributed by atoms with E-state index in [0.717, 1.165) is 28.3 Å². The summed E-state index contributed by atoms with van der Waals surface area (Å²) in [5, 5.41) is 8.08. The van der Waals surface area contributed by atoms with Gasteiger partial charge in [-0.25, -0.2) is 4.98 Å². The molecule has 2 aromatic rings. The number of thiophene rings is 1. The number of nitrogens with one attached hydrogen (secondary N) is 2. The van der Waals surface area contributed by atoms with Gasteiger partial charge in [0.25, 0.3) is 5.91 Å². The molecule has 2 amide bonds. The average Bonchev–Trinajstić information content (AvgIpc) is 3.25. The minimum atomic E-state index is -0.353. The van der Waals surface area contributed by atoms with Gasteiger partial charge in [0, 0.05) is 23.8 Å². The summed E-state index contributed by atoms with van der Waals surface area (Å²) in [6.45, 7) is 2.66. The third-order valence-corrected chi connectivity index (χ3v) is 5.25. The first-order valence-electron chi connectivity index (χ1n) is 7.33. The highest BCUT2D eigenvalue weighted by Crippen LogP contribution is 2.31. The number of nitrogens with zero attached hydrogens (tertiary/aromatic N) is 1. The van der Waals surface area contributed by atoms with Crippen molar-refractivity contribution in [1.29, 1.82) is 0 Å². The molecule has 0 bridgehead atoms. The van der Waals surface area contributed by atoms with Crippen molar-refractivity contribution in [3.8, 4) is 10.6 Å². The van der Waals surface area contributed by atoms with Crippen molar-refractivity contribution in [3.05, 3.63) is 22.4 Å². The maximum Gasteiger partial charge on any atom is 0.255 e. The van der Waals surface area contributed by atoms with E-state index in [1.165, 1.54) is 18.3 Å². The Labute approximate surface area is 141 Å². The van der Waals surface area contributed by atoms with Crippen LogP contribution in [-0.4, -0.2) is 29.5 Å². The molecule has 1 unspecified atom stereocenters. The zero-order valence-corrected chi connectivity index (χ0v) is 14.3. The van der Waals surface area contributed by atoms with Gasteiger partial charge in [-0.2, -0.15) is 0 Å². The lowest BCUT2D eigenvalue weighted by Crippen LogP contribution is -2.26. The van der Waals surface area contributed by atoms with Crippen LogP contribution in [0, 0.1) is 0 Å². The molecule has 2 aromatic heterocycles. The summed E-state index contributed by atoms with van der Waals surface area (Å²) in [5.74, 6) is -0.173. The van der Waals surface area contributed by atoms with Crippen molar-refractivity contribution in [1.82, 2.24) is 10.3 Å². The Morgan fingerprint density at radius 3 is 3.04 bits per heavy atom. The number of ether oxygens (including phenoxy) is 1. The molecule has 3 heterocycles. The molecule has 0 saturated carbocycles. The molecule has 6 nitrogen and oxygen atoms in total. The van der Waals surface area contributed by atoms with Crippen molar-refractivity contribution in [2.75, 3.05) is 11.9 Å². The number of thiazole rings is 1. The molecule has 8 heteroatoms. The van der Waals surface area contributed by atoms with Gasteiger partial charge in [0.05, 0.1) is 17.1 Å². The van der Waals surface area contributed by atoms with Gasteiger partial charge < -0.3 is 10.1 Å². The Hall–Kier alpha value is -1.77. The zero-order chi connectivity index (χ0) is 16.2. The van der Waals surface area contributed by atoms with Gasteiger partial charge in [0.1, 0.15) is 6.10 Å². The molecule has 1 aliphatic rings. The number of aromatic nitrogens is 1. The van der Waals surface area contributed by atoms with Gasteiger partial charge in [-0.05, 0) is 25.0 Å². The van der Waals surface area contributed by atoms with Crippen molar-refractivity contribution < 1.29 is 14.3 Å². The Morgan fingerprint density at radius 1 is 1.43 bits per heavy atom. The summed E-state index contributed by atoms with van der Waals surface area (Å²) in [6, 6.07) is 3.95. The summed E-state index contributed by atoms with van der Waals surface area (Å²) in [5.41, 5.74) is 0.830. The smallest absolute Gasteiger partial charge is 0.255 e. The number of carbonyl (C=O) groups is 2. The SMILES string of the molecule is CC(=O)NCc1ccc(-c2csc(NC(=O)C3CCCO3)n2)s1. The van der Waals surface area contributed by atoms with Crippen LogP contribution in [0.4, 0.5) is 5.13 Å². The summed E-state index contributed by atoms with van der Waals surface area (Å²) < 4.78 is 5.36. The molecule has 1 saturated heterocycles. The van der Waals surface area contributed by atoms with Gasteiger partial charge in [-0.15, -0.1) is 22.7 Å². The van der Waals surface area contributed by atoms with Crippen LogP contribution >= 0.6 is 22.7 Å². The van der Waals surface area contributed by atoms with Crippen molar-refractivity contribution in [2.45, 2.75) is 32.4 Å². The van der Waals surface area contributed by atoms with Crippen molar-refractivity contribution >= 4 is 39.6 Å². The molecule has 122 valence electrons. The maximum atomic E-state index is 12.0. The molecular weight excluding hydrogens is 334 g/mol. The molecule has 0 spiro atoms. The molecule has 1 fully saturated rings. The normalized spacial score (nSPS) is 17.2. The van der Waals surface area contributed by atoms with E-state index in [4.69, 9.17) is 4.74 Å². The van der Waals surface area contributed by atoms with E-state index in [2.05, 4.69) is 15.6 Å². The molecule has 1 aliphatic heterocycles. The number of amides is 2. The summed E-state index contributed by atoms with van der Waals surface area (Å²) in [6.07, 6.45) is 1.34. The van der Waals surface area contributed by atoms with Gasteiger partial charge in [0.15, 0.2) is 5.13 Å². The highest BCUT2D eigenvalue weighted by Gasteiger charge is 2.24. The fraction of sp³-hybridized carbons (Fsp3) is 0.400. The summed E-state index contributed by atoms with van der Waals surface area (Å²) in [4.78, 5) is 29.5. The number of anilines is 1. The first-order chi connectivity index (χ1) is 11.1. The van der Waals surface area contributed by atoms with Crippen molar-refractivity contribution in [3.63, 3.8) is 0 Å². The lowest BCUT2D eigenvalue weighted by Gasteiger charge is -2.07. The fourth-order valence-electron chi connectivity index (χ4n) is 2.24. The molecule has 0 radical (unpaired) electrons. The Balaban J connectivity index is 1.62. The lowest BCUT2D eigenvalue weighted by atomic mass is 10.2. The van der Waals surface area contributed by atoms with Crippen LogP contribution in [0.2, 0.25) is 0 Å². The Kier molecular flexibility index (Phi) is 5.04. The van der Waals surface area contributed by atoms with Crippen LogP contribution in [-0.2, 0) is 20.9 Å². The second kappa shape index (κ2) is 7.20. The van der Waals surface area contributed by atoms with Crippen molar-refractivity contribution in [2.24, 2.45) is 0 Å². The van der Waals surface area contributed by atoms with Crippen LogP contribution in [0.15, 0.2) is 17.5 Å². The largest absolute Gasteiger partial charge is 0.368 e. The van der Waals surface area contributed by atoms with E-state index in [1.807, 2.05) is 17.5 Å². The number of carbonyl (C=O) groups excluding carboxylic acids is 2. The van der Waals surface area contributed by atoms with E-state index in [-0.39, 0.29) is 17.9 Å². The molecule has 3 rings (SSSR count). The summed E-state index contributed by atoms with van der Waals surface area (Å²) in [7, 11) is 0. The third kappa shape index (κ3) is 4.15. The second-order valence-corrected chi connectivity index (χ2v) is 7.23. The van der Waals surface area contributed by atoms with Crippen LogP contribution in [0.5, 0.6) is 0 Å². The first kappa shape index (κ1) is 16.1. The second-order valence-electron chi connectivity index (χ2n) is 5.20. The van der Waals surface area contributed by atoms with Crippen LogP contribution in [0.25, 0.3) is 10.6 Å². The Bertz CT molecular complexity index is 704. The lowest BCUT2D eigenvalue weighted by molar-refractivity contribution is -0.124. The van der Waals surface area contributed by atoms with Gasteiger partial charge in [0.2, 0.25) is 5.91 Å². The summed E-state index contributed by atoms with van der Waals surface area (Å²) >= 11 is 2.97. The van der Waals surface area contributed by atoms with Gasteiger partial charge >= 0.3 is 0 Å². The highest BCUT2D eigenvalue weighted by molar-refractivity contribution is 7.17. The van der Waals surface area contributed by atoms with E-state index < -0.39 is 0 Å². The predicted octanol–water partition coefficient (Wildman–Crippen LogP) is 2.63. The fourth-order valence-corrected chi connectivity index (χ4v) is 3.93. The van der Waals surface area contributed by atoms with Crippen LogP contribution < -0.4 is 10.6 Å². The monoisotopic (exact) mass is 351 g/mol. The minimum Gasteiger partial charge on any atom is -0.368 e. The number of rotatable bonds is 5. The van der Waals surface area contributed by atoms with E-state index in [1.54, 1.807) is 11.3 Å². The Morgan fingerprint density at radius 2 is 2.30 bits per heavy atom. The van der Waals surface area contributed by atoms with Crippen LogP contribution in [0.3, 0.4) is 0 Å².